The Bertz CT molecular complexity index is 959. The highest BCUT2D eigenvalue weighted by Gasteiger charge is 2.34. The molecular weight excluding hydrogens is 428 g/mol. The van der Waals surface area contributed by atoms with Crippen molar-refractivity contribution in [1.82, 2.24) is 5.32 Å². The Hall–Kier alpha value is -2.58. The van der Waals surface area contributed by atoms with Crippen molar-refractivity contribution < 1.29 is 22.4 Å². The van der Waals surface area contributed by atoms with Crippen LogP contribution in [-0.4, -0.2) is 11.0 Å². The molecular formula is C20H15ClF4N2OS. The van der Waals surface area contributed by atoms with E-state index < -0.39 is 34.1 Å². The van der Waals surface area contributed by atoms with E-state index in [2.05, 4.69) is 11.9 Å². The molecule has 0 saturated carbocycles. The summed E-state index contributed by atoms with van der Waals surface area (Å²) in [5.41, 5.74) is -0.928. The summed E-state index contributed by atoms with van der Waals surface area (Å²) < 4.78 is 52.3. The van der Waals surface area contributed by atoms with E-state index in [4.69, 9.17) is 17.0 Å². The van der Waals surface area contributed by atoms with Gasteiger partial charge in [0.25, 0.3) is 5.91 Å². The van der Waals surface area contributed by atoms with Crippen LogP contribution in [0.2, 0.25) is 5.02 Å². The maximum absolute atomic E-state index is 14.0. The minimum Gasteiger partial charge on any atom is -0.322 e. The number of carbonyl (C=O) groups is 1. The molecule has 0 aliphatic heterocycles. The number of benzene rings is 2. The Balaban J connectivity index is 2.11. The van der Waals surface area contributed by atoms with E-state index in [-0.39, 0.29) is 16.8 Å². The number of hydrogen-bond acceptors (Lipinski definition) is 3. The lowest BCUT2D eigenvalue weighted by Crippen LogP contribution is -2.24. The average molecular weight is 443 g/mol. The number of nitrogens with one attached hydrogen (secondary N) is 2. The summed E-state index contributed by atoms with van der Waals surface area (Å²) in [6, 6.07) is 10.2. The third-order valence-corrected chi connectivity index (χ3v) is 4.83. The number of alkyl halides is 3. The molecule has 2 rings (SSSR count). The summed E-state index contributed by atoms with van der Waals surface area (Å²) >= 11 is 6.74. The Kier molecular flexibility index (Phi) is 7.64. The second kappa shape index (κ2) is 9.76. The van der Waals surface area contributed by atoms with Crippen molar-refractivity contribution in [3.63, 3.8) is 0 Å². The Labute approximate surface area is 174 Å². The SMILES string of the molecule is C=C/C(=C\C(=N)SCc1ccccc1)NC(=O)c1cc(Cl)c(C(F)(F)F)cc1F. The molecule has 2 aromatic carbocycles. The molecule has 0 unspecified atom stereocenters. The molecule has 0 fully saturated rings. The minimum absolute atomic E-state index is 0.0935. The Morgan fingerprint density at radius 3 is 2.48 bits per heavy atom. The highest BCUT2D eigenvalue weighted by Crippen LogP contribution is 2.36. The van der Waals surface area contributed by atoms with Gasteiger partial charge in [-0.25, -0.2) is 4.39 Å². The molecule has 2 aromatic rings. The van der Waals surface area contributed by atoms with E-state index in [0.29, 0.717) is 11.8 Å². The van der Waals surface area contributed by atoms with Gasteiger partial charge in [0.05, 0.1) is 21.2 Å². The van der Waals surface area contributed by atoms with Crippen molar-refractivity contribution in [2.75, 3.05) is 0 Å². The number of amides is 1. The van der Waals surface area contributed by atoms with Gasteiger partial charge in [-0.2, -0.15) is 13.2 Å². The largest absolute Gasteiger partial charge is 0.417 e. The van der Waals surface area contributed by atoms with Crippen molar-refractivity contribution in [3.05, 3.63) is 94.4 Å². The highest BCUT2D eigenvalue weighted by molar-refractivity contribution is 8.13. The monoisotopic (exact) mass is 442 g/mol. The first kappa shape index (κ1) is 22.7. The van der Waals surface area contributed by atoms with Crippen LogP contribution >= 0.6 is 23.4 Å². The van der Waals surface area contributed by atoms with Crippen molar-refractivity contribution in [2.24, 2.45) is 0 Å². The van der Waals surface area contributed by atoms with Crippen molar-refractivity contribution in [1.29, 1.82) is 5.41 Å². The van der Waals surface area contributed by atoms with Gasteiger partial charge in [-0.3, -0.25) is 10.2 Å². The molecule has 152 valence electrons. The molecule has 0 radical (unpaired) electrons. The van der Waals surface area contributed by atoms with Gasteiger partial charge in [-0.05, 0) is 29.8 Å². The van der Waals surface area contributed by atoms with Gasteiger partial charge in [-0.15, -0.1) is 11.8 Å². The van der Waals surface area contributed by atoms with Gasteiger partial charge >= 0.3 is 6.18 Å². The van der Waals surface area contributed by atoms with Crippen LogP contribution in [0.1, 0.15) is 21.5 Å². The van der Waals surface area contributed by atoms with Crippen LogP contribution in [-0.2, 0) is 11.9 Å². The van der Waals surface area contributed by atoms with Gasteiger partial charge in [0, 0.05) is 11.4 Å². The summed E-state index contributed by atoms with van der Waals surface area (Å²) in [7, 11) is 0. The van der Waals surface area contributed by atoms with Gasteiger partial charge < -0.3 is 5.32 Å². The second-order valence-corrected chi connectivity index (χ2v) is 7.13. The standard InChI is InChI=1S/C20H15ClF4N2OS/c1-2-13(8-18(26)29-11-12-6-4-3-5-7-12)27-19(28)14-9-16(21)15(10-17(14)22)20(23,24)25/h2-10,26H,1,11H2,(H,27,28)/b13-8+,26-18?. The molecule has 1 amide bonds. The lowest BCUT2D eigenvalue weighted by Gasteiger charge is -2.12. The van der Waals surface area contributed by atoms with Crippen LogP contribution in [0, 0.1) is 11.2 Å². The van der Waals surface area contributed by atoms with E-state index in [0.717, 1.165) is 5.56 Å². The lowest BCUT2D eigenvalue weighted by molar-refractivity contribution is -0.137. The van der Waals surface area contributed by atoms with Gasteiger partial charge in [0.1, 0.15) is 5.82 Å². The molecule has 0 aromatic heterocycles. The summed E-state index contributed by atoms with van der Waals surface area (Å²) in [4.78, 5) is 12.3. The van der Waals surface area contributed by atoms with Crippen LogP contribution < -0.4 is 5.32 Å². The number of rotatable bonds is 6. The quantitative estimate of drug-likeness (QED) is 0.242. The fourth-order valence-electron chi connectivity index (χ4n) is 2.20. The molecule has 0 heterocycles. The van der Waals surface area contributed by atoms with Gasteiger partial charge in [0.2, 0.25) is 0 Å². The van der Waals surface area contributed by atoms with E-state index in [1.54, 1.807) is 0 Å². The maximum Gasteiger partial charge on any atom is 0.417 e. The molecule has 9 heteroatoms. The molecule has 0 saturated heterocycles. The normalized spacial score (nSPS) is 11.8. The molecule has 0 aliphatic carbocycles. The fourth-order valence-corrected chi connectivity index (χ4v) is 3.20. The summed E-state index contributed by atoms with van der Waals surface area (Å²) in [5.74, 6) is -1.85. The first-order chi connectivity index (χ1) is 13.6. The Morgan fingerprint density at radius 2 is 1.90 bits per heavy atom. The summed E-state index contributed by atoms with van der Waals surface area (Å²) in [5, 5.41) is 9.58. The highest BCUT2D eigenvalue weighted by atomic mass is 35.5. The maximum atomic E-state index is 14.0. The molecule has 0 bridgehead atoms. The zero-order valence-corrected chi connectivity index (χ0v) is 16.4. The first-order valence-corrected chi connectivity index (χ1v) is 9.45. The summed E-state index contributed by atoms with van der Waals surface area (Å²) in [6.45, 7) is 3.51. The fraction of sp³-hybridized carbons (Fsp3) is 0.100. The minimum atomic E-state index is -4.84. The molecule has 0 spiro atoms. The molecule has 0 atom stereocenters. The molecule has 0 aliphatic rings. The molecule has 2 N–H and O–H groups in total. The average Bonchev–Trinajstić information content (AvgIpc) is 2.67. The van der Waals surface area contributed by atoms with Crippen LogP contribution in [0.15, 0.2) is 66.9 Å². The zero-order chi connectivity index (χ0) is 21.6. The number of thioether (sulfide) groups is 1. The topological polar surface area (TPSA) is 53.0 Å². The summed E-state index contributed by atoms with van der Waals surface area (Å²) in [6.07, 6.45) is -2.30. The van der Waals surface area contributed by atoms with Crippen LogP contribution in [0.4, 0.5) is 17.6 Å². The zero-order valence-electron chi connectivity index (χ0n) is 14.8. The molecule has 3 nitrogen and oxygen atoms in total. The van der Waals surface area contributed by atoms with Crippen molar-refractivity contribution in [2.45, 2.75) is 11.9 Å². The number of hydrogen-bond donors (Lipinski definition) is 2. The third-order valence-electron chi connectivity index (χ3n) is 3.61. The van der Waals surface area contributed by atoms with Crippen LogP contribution in [0.3, 0.4) is 0 Å². The van der Waals surface area contributed by atoms with E-state index in [1.807, 2.05) is 30.3 Å². The predicted molar refractivity (Wildman–Crippen MR) is 108 cm³/mol. The molecule has 29 heavy (non-hydrogen) atoms. The van der Waals surface area contributed by atoms with Crippen molar-refractivity contribution in [3.8, 4) is 0 Å². The number of carbonyl (C=O) groups excluding carboxylic acids is 1. The van der Waals surface area contributed by atoms with E-state index >= 15 is 0 Å². The van der Waals surface area contributed by atoms with Crippen molar-refractivity contribution >= 4 is 34.3 Å². The number of halogens is 5. The van der Waals surface area contributed by atoms with Gasteiger partial charge in [0.15, 0.2) is 0 Å². The third kappa shape index (κ3) is 6.47. The van der Waals surface area contributed by atoms with E-state index in [9.17, 15) is 22.4 Å². The second-order valence-electron chi connectivity index (χ2n) is 5.71. The van der Waals surface area contributed by atoms with E-state index in [1.165, 1.54) is 23.9 Å². The van der Waals surface area contributed by atoms with Crippen LogP contribution in [0.25, 0.3) is 0 Å². The lowest BCUT2D eigenvalue weighted by atomic mass is 10.1. The van der Waals surface area contributed by atoms with Gasteiger partial charge in [-0.1, -0.05) is 48.5 Å². The smallest absolute Gasteiger partial charge is 0.322 e. The predicted octanol–water partition coefficient (Wildman–Crippen LogP) is 6.21. The number of allylic oxidation sites excluding steroid dienone is 1. The van der Waals surface area contributed by atoms with Crippen LogP contribution in [0.5, 0.6) is 0 Å². The Morgan fingerprint density at radius 1 is 1.24 bits per heavy atom. The first-order valence-electron chi connectivity index (χ1n) is 8.09.